The highest BCUT2D eigenvalue weighted by Crippen LogP contribution is 2.22. The van der Waals surface area contributed by atoms with E-state index in [0.29, 0.717) is 12.7 Å². The van der Waals surface area contributed by atoms with Crippen LogP contribution < -0.4 is 0 Å². The van der Waals surface area contributed by atoms with E-state index in [4.69, 9.17) is 5.02 Å². The van der Waals surface area contributed by atoms with Crippen molar-refractivity contribution in [2.45, 2.75) is 32.1 Å². The summed E-state index contributed by atoms with van der Waals surface area (Å²) in [6.45, 7) is 1.42. The van der Waals surface area contributed by atoms with Gasteiger partial charge in [0.2, 0.25) is 0 Å². The van der Waals surface area contributed by atoms with Gasteiger partial charge in [-0.05, 0) is 30.4 Å². The van der Waals surface area contributed by atoms with Crippen molar-refractivity contribution in [2.24, 2.45) is 0 Å². The Morgan fingerprint density at radius 3 is 2.73 bits per heavy atom. The van der Waals surface area contributed by atoms with Crippen LogP contribution in [0.5, 0.6) is 5.75 Å². The molecule has 0 radical (unpaired) electrons. The van der Waals surface area contributed by atoms with Crippen LogP contribution in [0, 0.1) is 0 Å². The van der Waals surface area contributed by atoms with Crippen LogP contribution in [0.3, 0.4) is 0 Å². The molecule has 3 N–H and O–H groups in total. The Labute approximate surface area is 90.5 Å². The van der Waals surface area contributed by atoms with Crippen LogP contribution in [0.1, 0.15) is 24.5 Å². The third-order valence-corrected chi connectivity index (χ3v) is 2.35. The van der Waals surface area contributed by atoms with Crippen molar-refractivity contribution in [1.82, 2.24) is 0 Å². The first kappa shape index (κ1) is 12.1. The molecular weight excluding hydrogens is 191 g/mol. The predicted octanol–water partition coefficient (Wildman–Crippen LogP) is 1.82. The minimum absolute atomic E-state index is 0.169. The van der Waals surface area contributed by atoms with Crippen molar-refractivity contribution in [1.29, 1.82) is 0 Å². The molecule has 1 unspecified atom stereocenters. The summed E-state index contributed by atoms with van der Waals surface area (Å²) in [7, 11) is 0. The van der Waals surface area contributed by atoms with Crippen LogP contribution in [-0.2, 0) is 0 Å². The number of aromatic hydroxyl groups is 1. The number of rotatable bonds is 5. The average molecular weight is 208 g/mol. The molecule has 4 heteroatoms. The summed E-state index contributed by atoms with van der Waals surface area (Å²) < 4.78 is 0. The number of phenolic OH excluding ortho intramolecular Hbond substituents is 1. The van der Waals surface area contributed by atoms with Gasteiger partial charge in [-0.2, -0.15) is 0 Å². The van der Waals surface area contributed by atoms with E-state index < -0.39 is 6.10 Å². The number of hydrogen-bond acceptors (Lipinski definition) is 3. The van der Waals surface area contributed by atoms with Crippen LogP contribution in [0.4, 0.5) is 0 Å². The lowest BCUT2D eigenvalue weighted by molar-refractivity contribution is 0.166. The van der Waals surface area contributed by atoms with E-state index in [1.807, 2.05) is 0 Å². The van der Waals surface area contributed by atoms with Gasteiger partial charge in [-0.3, -0.25) is 0 Å². The third kappa shape index (κ3) is 4.36. The molecule has 1 atom stereocenters. The lowest BCUT2D eigenvalue weighted by atomic mass is 9.67. The monoisotopic (exact) mass is 208 g/mol. The van der Waals surface area contributed by atoms with E-state index in [2.05, 4.69) is 0 Å². The Kier molecular flexibility index (Phi) is 4.65. The molecule has 0 saturated heterocycles. The Hall–Kier alpha value is -0.995. The Morgan fingerprint density at radius 2 is 2.13 bits per heavy atom. The average Bonchev–Trinajstić information content (AvgIpc) is 2.17. The van der Waals surface area contributed by atoms with Gasteiger partial charge in [0.25, 0.3) is 6.92 Å². The molecule has 82 valence electrons. The fourth-order valence-corrected chi connectivity index (χ4v) is 1.51. The molecule has 0 bridgehead atoms. The molecular formula is C11H17BO3. The molecule has 0 spiro atoms. The maximum Gasteiger partial charge on any atom is 0.285 e. The van der Waals surface area contributed by atoms with Gasteiger partial charge in [-0.15, -0.1) is 0 Å². The minimum atomic E-state index is -0.559. The number of phenols is 1. The van der Waals surface area contributed by atoms with Gasteiger partial charge in [-0.1, -0.05) is 25.4 Å². The highest BCUT2D eigenvalue weighted by molar-refractivity contribution is 6.48. The van der Waals surface area contributed by atoms with Gasteiger partial charge in [-0.25, -0.2) is 0 Å². The minimum Gasteiger partial charge on any atom is -0.508 e. The number of hydrogen-bond donors (Lipinski definition) is 3. The smallest absolute Gasteiger partial charge is 0.285 e. The van der Waals surface area contributed by atoms with E-state index in [9.17, 15) is 10.2 Å². The predicted molar refractivity (Wildman–Crippen MR) is 60.9 cm³/mol. The Morgan fingerprint density at radius 1 is 1.40 bits per heavy atom. The van der Waals surface area contributed by atoms with Gasteiger partial charge < -0.3 is 15.2 Å². The molecule has 0 aromatic heterocycles. The maximum atomic E-state index is 9.77. The van der Waals surface area contributed by atoms with E-state index in [0.717, 1.165) is 12.0 Å². The molecule has 0 saturated carbocycles. The lowest BCUT2D eigenvalue weighted by Crippen LogP contribution is -2.05. The van der Waals surface area contributed by atoms with Crippen LogP contribution in [-0.4, -0.2) is 22.2 Å². The molecule has 0 fully saturated rings. The molecule has 0 aliphatic carbocycles. The molecule has 0 heterocycles. The second-order valence-electron chi connectivity index (χ2n) is 3.89. The van der Waals surface area contributed by atoms with Gasteiger partial charge in [0.1, 0.15) is 5.75 Å². The molecule has 1 aromatic rings. The maximum absolute atomic E-state index is 9.77. The first-order valence-electron chi connectivity index (χ1n) is 5.24. The first-order valence-corrected chi connectivity index (χ1v) is 5.24. The normalized spacial score (nSPS) is 12.5. The van der Waals surface area contributed by atoms with Crippen molar-refractivity contribution < 1.29 is 15.2 Å². The second-order valence-corrected chi connectivity index (χ2v) is 3.89. The molecule has 15 heavy (non-hydrogen) atoms. The quantitative estimate of drug-likeness (QED) is 0.646. The highest BCUT2D eigenvalue weighted by Gasteiger charge is 2.09. The van der Waals surface area contributed by atoms with E-state index in [-0.39, 0.29) is 12.7 Å². The van der Waals surface area contributed by atoms with Gasteiger partial charge in [0.15, 0.2) is 0 Å². The summed E-state index contributed by atoms with van der Waals surface area (Å²) in [4.78, 5) is 0. The number of aliphatic hydroxyl groups excluding tert-OH is 1. The SMILES string of the molecule is CB(O)CCCC(O)c1cccc(O)c1. The molecule has 1 rings (SSSR count). The van der Waals surface area contributed by atoms with Crippen molar-refractivity contribution in [3.8, 4) is 5.75 Å². The fourth-order valence-electron chi connectivity index (χ4n) is 1.51. The number of aliphatic hydroxyl groups is 1. The van der Waals surface area contributed by atoms with Crippen molar-refractivity contribution in [3.63, 3.8) is 0 Å². The molecule has 0 amide bonds. The summed E-state index contributed by atoms with van der Waals surface area (Å²) in [5, 5.41) is 28.0. The Bertz CT molecular complexity index is 302. The van der Waals surface area contributed by atoms with Gasteiger partial charge in [0.05, 0.1) is 6.10 Å². The van der Waals surface area contributed by atoms with E-state index >= 15 is 0 Å². The Balaban J connectivity index is 2.43. The van der Waals surface area contributed by atoms with Crippen LogP contribution in [0.25, 0.3) is 0 Å². The van der Waals surface area contributed by atoms with E-state index in [1.165, 1.54) is 0 Å². The highest BCUT2D eigenvalue weighted by atomic mass is 16.3. The summed E-state index contributed by atoms with van der Waals surface area (Å²) in [5.74, 6) is 0.169. The van der Waals surface area contributed by atoms with Crippen molar-refractivity contribution >= 4 is 6.92 Å². The third-order valence-electron chi connectivity index (χ3n) is 2.35. The molecule has 3 nitrogen and oxygen atoms in total. The van der Waals surface area contributed by atoms with Crippen LogP contribution in [0.15, 0.2) is 24.3 Å². The van der Waals surface area contributed by atoms with Crippen LogP contribution >= 0.6 is 0 Å². The number of benzene rings is 1. The largest absolute Gasteiger partial charge is 0.508 e. The lowest BCUT2D eigenvalue weighted by Gasteiger charge is -2.11. The molecule has 0 aliphatic heterocycles. The zero-order valence-corrected chi connectivity index (χ0v) is 8.93. The topological polar surface area (TPSA) is 60.7 Å². The summed E-state index contributed by atoms with van der Waals surface area (Å²) in [6.07, 6.45) is 1.51. The zero-order chi connectivity index (χ0) is 11.3. The standard InChI is InChI=1S/C11H17BO3/c1-12(15)7-3-6-11(14)9-4-2-5-10(13)8-9/h2,4-5,8,11,13-15H,3,6-7H2,1H3. The second kappa shape index (κ2) is 5.78. The van der Waals surface area contributed by atoms with Crippen molar-refractivity contribution in [2.75, 3.05) is 0 Å². The summed E-state index contributed by atoms with van der Waals surface area (Å²) in [5.41, 5.74) is 0.723. The zero-order valence-electron chi connectivity index (χ0n) is 8.93. The molecule has 0 aliphatic rings. The summed E-state index contributed by atoms with van der Waals surface area (Å²) in [6, 6.07) is 6.63. The van der Waals surface area contributed by atoms with Crippen LogP contribution in [0.2, 0.25) is 13.1 Å². The van der Waals surface area contributed by atoms with Crippen molar-refractivity contribution in [3.05, 3.63) is 29.8 Å². The van der Waals surface area contributed by atoms with Gasteiger partial charge in [0, 0.05) is 0 Å². The summed E-state index contributed by atoms with van der Waals surface area (Å²) >= 11 is 0. The van der Waals surface area contributed by atoms with E-state index in [1.54, 1.807) is 31.1 Å². The first-order chi connectivity index (χ1) is 7.09. The fraction of sp³-hybridized carbons (Fsp3) is 0.455. The van der Waals surface area contributed by atoms with Gasteiger partial charge >= 0.3 is 0 Å². The molecule has 1 aromatic carbocycles.